The molecule has 8 nitrogen and oxygen atoms in total. The third-order valence-electron chi connectivity index (χ3n) is 7.29. The van der Waals surface area contributed by atoms with Gasteiger partial charge in [0.2, 0.25) is 5.89 Å². The van der Waals surface area contributed by atoms with Gasteiger partial charge in [-0.25, -0.2) is 18.7 Å². The number of alkyl halides is 2. The van der Waals surface area contributed by atoms with Gasteiger partial charge in [0.25, 0.3) is 12.3 Å². The van der Waals surface area contributed by atoms with Crippen LogP contribution >= 0.6 is 0 Å². The number of rotatable bonds is 9. The average molecular weight is 501 g/mol. The van der Waals surface area contributed by atoms with Crippen LogP contribution in [0.4, 0.5) is 20.3 Å². The molecule has 2 aliphatic carbocycles. The number of oxazole rings is 1. The van der Waals surface area contributed by atoms with Gasteiger partial charge in [-0.15, -0.1) is 0 Å². The van der Waals surface area contributed by atoms with E-state index in [1.807, 2.05) is 6.07 Å². The summed E-state index contributed by atoms with van der Waals surface area (Å²) < 4.78 is 34.6. The van der Waals surface area contributed by atoms with Crippen LogP contribution in [0.1, 0.15) is 82.4 Å². The lowest BCUT2D eigenvalue weighted by atomic mass is 9.80. The SMILES string of the molecule is CC(C)C1CCC(n2cc(NC(=O)c3coc(-c4ccnc(NCC5CC5)c4)n3)c(C(F)F)n2)CC1.[HH]. The van der Waals surface area contributed by atoms with Crippen molar-refractivity contribution in [3.8, 4) is 11.5 Å². The molecule has 5 rings (SSSR count). The molecule has 3 heterocycles. The smallest absolute Gasteiger partial charge is 0.284 e. The van der Waals surface area contributed by atoms with Gasteiger partial charge in [0.1, 0.15) is 12.1 Å². The first-order chi connectivity index (χ1) is 17.4. The topological polar surface area (TPSA) is 97.9 Å². The van der Waals surface area contributed by atoms with Crippen LogP contribution in [0.15, 0.2) is 35.2 Å². The fourth-order valence-electron chi connectivity index (χ4n) is 4.81. The number of nitrogens with one attached hydrogen (secondary N) is 2. The number of carbonyl (C=O) groups is 1. The molecule has 194 valence electrons. The molecule has 0 atom stereocenters. The van der Waals surface area contributed by atoms with Gasteiger partial charge in [0, 0.05) is 25.9 Å². The number of aromatic nitrogens is 4. The Kier molecular flexibility index (Phi) is 7.02. The highest BCUT2D eigenvalue weighted by molar-refractivity contribution is 6.03. The first kappa shape index (κ1) is 24.4. The van der Waals surface area contributed by atoms with Crippen molar-refractivity contribution in [3.63, 3.8) is 0 Å². The number of hydrogen-bond donors (Lipinski definition) is 2. The zero-order chi connectivity index (χ0) is 25.2. The Morgan fingerprint density at radius 2 is 2.00 bits per heavy atom. The second kappa shape index (κ2) is 10.4. The molecule has 2 aliphatic rings. The number of pyridine rings is 1. The molecule has 10 heteroatoms. The summed E-state index contributed by atoms with van der Waals surface area (Å²) in [5, 5.41) is 9.99. The van der Waals surface area contributed by atoms with E-state index in [0.717, 1.165) is 32.2 Å². The predicted octanol–water partition coefficient (Wildman–Crippen LogP) is 6.58. The Balaban J connectivity index is 0.00000320. The maximum absolute atomic E-state index is 13.7. The number of amides is 1. The molecular weight excluding hydrogens is 466 g/mol. The van der Waals surface area contributed by atoms with Gasteiger partial charge in [-0.05, 0) is 68.4 Å². The first-order valence-corrected chi connectivity index (χ1v) is 12.7. The summed E-state index contributed by atoms with van der Waals surface area (Å²) in [5.74, 6) is 2.29. The minimum atomic E-state index is -2.81. The van der Waals surface area contributed by atoms with E-state index in [1.54, 1.807) is 16.9 Å². The highest BCUT2D eigenvalue weighted by Crippen LogP contribution is 2.37. The van der Waals surface area contributed by atoms with Crippen molar-refractivity contribution in [2.75, 3.05) is 17.2 Å². The minimum absolute atomic E-state index is 0. The highest BCUT2D eigenvalue weighted by atomic mass is 19.3. The lowest BCUT2D eigenvalue weighted by molar-refractivity contribution is 0.102. The molecule has 0 aromatic carbocycles. The summed E-state index contributed by atoms with van der Waals surface area (Å²) in [4.78, 5) is 21.4. The van der Waals surface area contributed by atoms with Gasteiger partial charge < -0.3 is 15.1 Å². The molecule has 0 bridgehead atoms. The maximum atomic E-state index is 13.7. The Bertz CT molecular complexity index is 1200. The van der Waals surface area contributed by atoms with Gasteiger partial charge in [-0.2, -0.15) is 5.10 Å². The molecule has 3 aromatic heterocycles. The summed E-state index contributed by atoms with van der Waals surface area (Å²) in [6.07, 6.45) is 7.90. The van der Waals surface area contributed by atoms with Crippen LogP contribution in [0.25, 0.3) is 11.5 Å². The first-order valence-electron chi connectivity index (χ1n) is 12.7. The van der Waals surface area contributed by atoms with E-state index >= 15 is 0 Å². The van der Waals surface area contributed by atoms with Crippen LogP contribution < -0.4 is 10.6 Å². The molecule has 0 radical (unpaired) electrons. The molecule has 3 aromatic rings. The fraction of sp³-hybridized carbons (Fsp3) is 0.538. The van der Waals surface area contributed by atoms with Gasteiger partial charge in [-0.1, -0.05) is 13.8 Å². The molecule has 1 amide bonds. The quantitative estimate of drug-likeness (QED) is 0.344. The van der Waals surface area contributed by atoms with Crippen molar-refractivity contribution >= 4 is 17.4 Å². The zero-order valence-electron chi connectivity index (χ0n) is 20.6. The van der Waals surface area contributed by atoms with E-state index < -0.39 is 18.0 Å². The van der Waals surface area contributed by atoms with Crippen molar-refractivity contribution < 1.29 is 19.4 Å². The molecule has 2 saturated carbocycles. The van der Waals surface area contributed by atoms with Gasteiger partial charge in [0.05, 0.1) is 11.7 Å². The van der Waals surface area contributed by atoms with Crippen molar-refractivity contribution in [2.45, 2.75) is 64.8 Å². The van der Waals surface area contributed by atoms with Gasteiger partial charge in [0.15, 0.2) is 11.4 Å². The molecule has 0 aliphatic heterocycles. The summed E-state index contributed by atoms with van der Waals surface area (Å²) >= 11 is 0. The Morgan fingerprint density at radius 3 is 2.69 bits per heavy atom. The van der Waals surface area contributed by atoms with E-state index in [4.69, 9.17) is 4.42 Å². The zero-order valence-corrected chi connectivity index (χ0v) is 20.6. The van der Waals surface area contributed by atoms with Crippen LogP contribution in [0.3, 0.4) is 0 Å². The standard InChI is InChI=1S/C26H32F2N6O2.H2/c1-15(2)17-5-7-19(8-6-17)34-13-20(23(33-34)24(27)28)31-25(35)21-14-36-26(32-21)18-9-10-29-22(11-18)30-12-16-3-4-16;/h9-11,13-17,19,24H,3-8,12H2,1-2H3,(H,29,30)(H,31,35);1H. The summed E-state index contributed by atoms with van der Waals surface area (Å²) in [7, 11) is 0. The molecular formula is C26H34F2N6O2. The molecule has 2 fully saturated rings. The van der Waals surface area contributed by atoms with Crippen LogP contribution in [0.2, 0.25) is 0 Å². The normalized spacial score (nSPS) is 20.2. The van der Waals surface area contributed by atoms with Crippen LogP contribution in [-0.2, 0) is 0 Å². The number of hydrogen-bond acceptors (Lipinski definition) is 6. The number of carbonyl (C=O) groups excluding carboxylic acids is 1. The maximum Gasteiger partial charge on any atom is 0.284 e. The van der Waals surface area contributed by atoms with E-state index in [1.165, 1.54) is 25.3 Å². The van der Waals surface area contributed by atoms with Crippen LogP contribution in [0.5, 0.6) is 0 Å². The monoisotopic (exact) mass is 500 g/mol. The molecule has 2 N–H and O–H groups in total. The summed E-state index contributed by atoms with van der Waals surface area (Å²) in [6, 6.07) is 3.60. The predicted molar refractivity (Wildman–Crippen MR) is 134 cm³/mol. The van der Waals surface area contributed by atoms with E-state index in [-0.39, 0.29) is 24.7 Å². The Labute approximate surface area is 210 Å². The lowest BCUT2D eigenvalue weighted by Crippen LogP contribution is -2.21. The average Bonchev–Trinajstić information content (AvgIpc) is 3.39. The third kappa shape index (κ3) is 5.57. The number of halogens is 2. The van der Waals surface area contributed by atoms with Crippen molar-refractivity contribution in [1.82, 2.24) is 19.7 Å². The molecule has 36 heavy (non-hydrogen) atoms. The molecule has 0 spiro atoms. The van der Waals surface area contributed by atoms with Crippen molar-refractivity contribution in [3.05, 3.63) is 42.2 Å². The Hall–Kier alpha value is -3.30. The van der Waals surface area contributed by atoms with Crippen molar-refractivity contribution in [2.24, 2.45) is 17.8 Å². The minimum Gasteiger partial charge on any atom is -0.444 e. The number of nitrogens with zero attached hydrogens (tertiary/aromatic N) is 4. The van der Waals surface area contributed by atoms with Crippen LogP contribution in [0, 0.1) is 17.8 Å². The summed E-state index contributed by atoms with van der Waals surface area (Å²) in [5.41, 5.74) is 0.236. The second-order valence-corrected chi connectivity index (χ2v) is 10.3. The van der Waals surface area contributed by atoms with Crippen molar-refractivity contribution in [1.29, 1.82) is 0 Å². The highest BCUT2D eigenvalue weighted by Gasteiger charge is 2.28. The van der Waals surface area contributed by atoms with E-state index in [9.17, 15) is 13.6 Å². The summed E-state index contributed by atoms with van der Waals surface area (Å²) in [6.45, 7) is 5.31. The van der Waals surface area contributed by atoms with E-state index in [2.05, 4.69) is 39.5 Å². The van der Waals surface area contributed by atoms with Gasteiger partial charge >= 0.3 is 0 Å². The largest absolute Gasteiger partial charge is 0.444 e. The molecule has 0 saturated heterocycles. The fourth-order valence-corrected chi connectivity index (χ4v) is 4.81. The number of anilines is 2. The second-order valence-electron chi connectivity index (χ2n) is 10.3. The molecule has 0 unspecified atom stereocenters. The van der Waals surface area contributed by atoms with E-state index in [0.29, 0.717) is 29.1 Å². The Morgan fingerprint density at radius 1 is 1.22 bits per heavy atom. The van der Waals surface area contributed by atoms with Gasteiger partial charge in [-0.3, -0.25) is 9.48 Å². The van der Waals surface area contributed by atoms with Crippen LogP contribution in [-0.4, -0.2) is 32.2 Å². The lowest BCUT2D eigenvalue weighted by Gasteiger charge is -2.30. The third-order valence-corrected chi connectivity index (χ3v) is 7.29.